The molecule has 7 heteroatoms. The largest absolute Gasteiger partial charge is 0.354 e. The van der Waals surface area contributed by atoms with Crippen LogP contribution in [-0.4, -0.2) is 46.1 Å². The van der Waals surface area contributed by atoms with E-state index in [1.807, 2.05) is 23.8 Å². The average Bonchev–Trinajstić information content (AvgIpc) is 3.25. The van der Waals surface area contributed by atoms with E-state index in [-0.39, 0.29) is 0 Å². The molecule has 0 aliphatic carbocycles. The van der Waals surface area contributed by atoms with Crippen molar-refractivity contribution in [1.29, 1.82) is 0 Å². The second-order valence-corrected chi connectivity index (χ2v) is 7.02. The van der Waals surface area contributed by atoms with E-state index in [4.69, 9.17) is 0 Å². The molecular weight excluding hydrogens is 308 g/mol. The standard InChI is InChI=1S/C16H20N6S/c1-11-4-7-22(16-18-6-8-23-16)9-13(11)21(2)15-12-3-5-17-14(12)19-10-20-15/h3,5-6,8,10-11,13H,4,7,9H2,1-2H3,(H,17,19,20). The van der Waals surface area contributed by atoms with Crippen molar-refractivity contribution in [3.05, 3.63) is 30.2 Å². The minimum atomic E-state index is 0.403. The van der Waals surface area contributed by atoms with Crippen LogP contribution in [0.2, 0.25) is 0 Å². The molecule has 2 unspecified atom stereocenters. The van der Waals surface area contributed by atoms with Crippen molar-refractivity contribution in [3.63, 3.8) is 0 Å². The normalized spacial score (nSPS) is 21.7. The predicted molar refractivity (Wildman–Crippen MR) is 94.2 cm³/mol. The number of thiazole rings is 1. The first kappa shape index (κ1) is 14.4. The SMILES string of the molecule is CC1CCN(c2nccs2)CC1N(C)c1ncnc2[nH]ccc12. The Morgan fingerprint density at radius 2 is 2.26 bits per heavy atom. The van der Waals surface area contributed by atoms with Gasteiger partial charge in [-0.05, 0) is 18.4 Å². The van der Waals surface area contributed by atoms with E-state index in [1.165, 1.54) is 0 Å². The van der Waals surface area contributed by atoms with Crippen molar-refractivity contribution in [2.24, 2.45) is 5.92 Å². The Morgan fingerprint density at radius 3 is 3.09 bits per heavy atom. The van der Waals surface area contributed by atoms with Gasteiger partial charge in [0.05, 0.1) is 11.4 Å². The van der Waals surface area contributed by atoms with E-state index in [2.05, 4.69) is 43.7 Å². The summed E-state index contributed by atoms with van der Waals surface area (Å²) in [5, 5.41) is 4.23. The van der Waals surface area contributed by atoms with Gasteiger partial charge < -0.3 is 14.8 Å². The number of nitrogens with one attached hydrogen (secondary N) is 1. The fourth-order valence-corrected chi connectivity index (χ4v) is 4.08. The number of aromatic nitrogens is 4. The lowest BCUT2D eigenvalue weighted by atomic mass is 9.92. The number of nitrogens with zero attached hydrogens (tertiary/aromatic N) is 5. The van der Waals surface area contributed by atoms with Crippen molar-refractivity contribution in [3.8, 4) is 0 Å². The van der Waals surface area contributed by atoms with Crippen molar-refractivity contribution in [2.75, 3.05) is 29.9 Å². The zero-order valence-electron chi connectivity index (χ0n) is 13.3. The monoisotopic (exact) mass is 328 g/mol. The maximum atomic E-state index is 4.54. The van der Waals surface area contributed by atoms with Crippen molar-refractivity contribution >= 4 is 33.3 Å². The van der Waals surface area contributed by atoms with Gasteiger partial charge in [0, 0.05) is 37.9 Å². The Labute approximate surface area is 139 Å². The van der Waals surface area contributed by atoms with E-state index in [9.17, 15) is 0 Å². The quantitative estimate of drug-likeness (QED) is 0.801. The molecule has 1 saturated heterocycles. The number of likely N-dealkylation sites (N-methyl/N-ethyl adjacent to an activating group) is 1. The zero-order valence-corrected chi connectivity index (χ0v) is 14.1. The maximum Gasteiger partial charge on any atom is 0.185 e. The molecule has 0 amide bonds. The molecule has 0 aromatic carbocycles. The molecule has 0 saturated carbocycles. The molecule has 6 nitrogen and oxygen atoms in total. The van der Waals surface area contributed by atoms with Gasteiger partial charge in [0.25, 0.3) is 0 Å². The summed E-state index contributed by atoms with van der Waals surface area (Å²) in [5.41, 5.74) is 0.891. The Hall–Kier alpha value is -2.15. The highest BCUT2D eigenvalue weighted by atomic mass is 32.1. The van der Waals surface area contributed by atoms with Crippen LogP contribution in [0.4, 0.5) is 10.9 Å². The van der Waals surface area contributed by atoms with Crippen molar-refractivity contribution in [2.45, 2.75) is 19.4 Å². The molecule has 120 valence electrons. The fraction of sp³-hybridized carbons (Fsp3) is 0.438. The average molecular weight is 328 g/mol. The third-order valence-corrected chi connectivity index (χ3v) is 5.61. The van der Waals surface area contributed by atoms with E-state index in [1.54, 1.807) is 17.7 Å². The first-order valence-electron chi connectivity index (χ1n) is 7.89. The van der Waals surface area contributed by atoms with E-state index in [0.717, 1.165) is 41.5 Å². The number of aromatic amines is 1. The van der Waals surface area contributed by atoms with Gasteiger partial charge >= 0.3 is 0 Å². The highest BCUT2D eigenvalue weighted by Crippen LogP contribution is 2.31. The first-order chi connectivity index (χ1) is 11.2. The van der Waals surface area contributed by atoms with E-state index < -0.39 is 0 Å². The number of piperidine rings is 1. The molecule has 2 atom stereocenters. The van der Waals surface area contributed by atoms with Crippen LogP contribution < -0.4 is 9.80 Å². The molecule has 0 bridgehead atoms. The molecule has 0 radical (unpaired) electrons. The number of anilines is 2. The Morgan fingerprint density at radius 1 is 1.35 bits per heavy atom. The number of fused-ring (bicyclic) bond motifs is 1. The molecule has 23 heavy (non-hydrogen) atoms. The Balaban J connectivity index is 1.63. The molecular formula is C16H20N6S. The molecule has 3 aromatic heterocycles. The van der Waals surface area contributed by atoms with Crippen LogP contribution >= 0.6 is 11.3 Å². The second-order valence-electron chi connectivity index (χ2n) is 6.14. The van der Waals surface area contributed by atoms with E-state index >= 15 is 0 Å². The van der Waals surface area contributed by atoms with Gasteiger partial charge in [0.15, 0.2) is 5.13 Å². The lowest BCUT2D eigenvalue weighted by Gasteiger charge is -2.42. The summed E-state index contributed by atoms with van der Waals surface area (Å²) in [6.07, 6.45) is 6.60. The topological polar surface area (TPSA) is 60.9 Å². The molecule has 1 fully saturated rings. The summed E-state index contributed by atoms with van der Waals surface area (Å²) in [5.74, 6) is 1.61. The molecule has 1 aliphatic rings. The van der Waals surface area contributed by atoms with Crippen LogP contribution in [0, 0.1) is 5.92 Å². The minimum Gasteiger partial charge on any atom is -0.354 e. The summed E-state index contributed by atoms with van der Waals surface area (Å²) < 4.78 is 0. The van der Waals surface area contributed by atoms with Crippen LogP contribution in [0.25, 0.3) is 11.0 Å². The summed E-state index contributed by atoms with van der Waals surface area (Å²) in [6, 6.07) is 2.45. The van der Waals surface area contributed by atoms with Crippen LogP contribution in [0.5, 0.6) is 0 Å². The lowest BCUT2D eigenvalue weighted by molar-refractivity contribution is 0.367. The van der Waals surface area contributed by atoms with Crippen LogP contribution in [0.1, 0.15) is 13.3 Å². The lowest BCUT2D eigenvalue weighted by Crippen LogP contribution is -2.51. The van der Waals surface area contributed by atoms with Gasteiger partial charge in [-0.25, -0.2) is 15.0 Å². The highest BCUT2D eigenvalue weighted by molar-refractivity contribution is 7.13. The summed E-state index contributed by atoms with van der Waals surface area (Å²) >= 11 is 1.71. The number of rotatable bonds is 3. The molecule has 1 N–H and O–H groups in total. The maximum absolute atomic E-state index is 4.54. The summed E-state index contributed by atoms with van der Waals surface area (Å²) in [4.78, 5) is 21.2. The number of H-pyrrole nitrogens is 1. The predicted octanol–water partition coefficient (Wildman–Crippen LogP) is 2.77. The molecule has 4 rings (SSSR count). The molecule has 1 aliphatic heterocycles. The molecule has 0 spiro atoms. The van der Waals surface area contributed by atoms with Crippen molar-refractivity contribution in [1.82, 2.24) is 19.9 Å². The zero-order chi connectivity index (χ0) is 15.8. The first-order valence-corrected chi connectivity index (χ1v) is 8.77. The van der Waals surface area contributed by atoms with Gasteiger partial charge in [-0.15, -0.1) is 11.3 Å². The summed E-state index contributed by atoms with van der Waals surface area (Å²) in [7, 11) is 2.14. The Kier molecular flexibility index (Phi) is 3.65. The van der Waals surface area contributed by atoms with E-state index in [0.29, 0.717) is 12.0 Å². The second kappa shape index (κ2) is 5.81. The fourth-order valence-electron chi connectivity index (χ4n) is 3.40. The number of hydrogen-bond acceptors (Lipinski definition) is 6. The number of hydrogen-bond donors (Lipinski definition) is 1. The van der Waals surface area contributed by atoms with Gasteiger partial charge in [0.1, 0.15) is 17.8 Å². The van der Waals surface area contributed by atoms with Crippen LogP contribution in [-0.2, 0) is 0 Å². The smallest absolute Gasteiger partial charge is 0.185 e. The minimum absolute atomic E-state index is 0.403. The van der Waals surface area contributed by atoms with Gasteiger partial charge in [-0.3, -0.25) is 0 Å². The molecule has 3 aromatic rings. The van der Waals surface area contributed by atoms with Crippen LogP contribution in [0.15, 0.2) is 30.2 Å². The summed E-state index contributed by atoms with van der Waals surface area (Å²) in [6.45, 7) is 4.37. The molecule has 4 heterocycles. The third-order valence-electron chi connectivity index (χ3n) is 4.77. The van der Waals surface area contributed by atoms with Crippen molar-refractivity contribution < 1.29 is 0 Å². The highest BCUT2D eigenvalue weighted by Gasteiger charge is 2.31. The van der Waals surface area contributed by atoms with Gasteiger partial charge in [0.2, 0.25) is 0 Å². The van der Waals surface area contributed by atoms with Crippen LogP contribution in [0.3, 0.4) is 0 Å². The third kappa shape index (κ3) is 2.55. The van der Waals surface area contributed by atoms with Gasteiger partial charge in [-0.1, -0.05) is 6.92 Å². The Bertz CT molecular complexity index is 783. The van der Waals surface area contributed by atoms with Gasteiger partial charge in [-0.2, -0.15) is 0 Å².